The van der Waals surface area contributed by atoms with Crippen molar-refractivity contribution in [3.05, 3.63) is 82.4 Å². The maximum atomic E-state index is 11.5. The Hall–Kier alpha value is -2.92. The van der Waals surface area contributed by atoms with Crippen molar-refractivity contribution in [1.82, 2.24) is 14.8 Å². The minimum atomic E-state index is -0.875. The predicted molar refractivity (Wildman–Crippen MR) is 99.6 cm³/mol. The molecule has 0 saturated carbocycles. The van der Waals surface area contributed by atoms with E-state index >= 15 is 0 Å². The molecule has 2 heterocycles. The molecular formula is C20H16ClN3O2. The molecule has 0 aliphatic carbocycles. The van der Waals surface area contributed by atoms with E-state index in [-0.39, 0.29) is 12.3 Å². The quantitative estimate of drug-likeness (QED) is 0.754. The van der Waals surface area contributed by atoms with Crippen LogP contribution in [0.15, 0.2) is 54.6 Å². The van der Waals surface area contributed by atoms with Gasteiger partial charge in [0.25, 0.3) is 0 Å². The first kappa shape index (κ1) is 16.5. The first-order valence-corrected chi connectivity index (χ1v) is 8.63. The molecule has 6 heteroatoms. The summed E-state index contributed by atoms with van der Waals surface area (Å²) >= 11 is 6.04. The van der Waals surface area contributed by atoms with E-state index in [2.05, 4.69) is 10.2 Å². The lowest BCUT2D eigenvalue weighted by Crippen LogP contribution is -2.10. The highest BCUT2D eigenvalue weighted by Crippen LogP contribution is 2.38. The molecule has 1 aromatic heterocycles. The molecule has 130 valence electrons. The number of fused-ring (bicyclic) bond motifs is 3. The summed E-state index contributed by atoms with van der Waals surface area (Å²) in [5, 5.41) is 18.5. The van der Waals surface area contributed by atoms with Crippen LogP contribution in [0.4, 0.5) is 0 Å². The molecule has 3 aromatic rings. The van der Waals surface area contributed by atoms with E-state index in [1.54, 1.807) is 0 Å². The number of aryl methyl sites for hydroxylation is 1. The van der Waals surface area contributed by atoms with Crippen molar-refractivity contribution in [2.75, 3.05) is 0 Å². The number of carboxylic acid groups (broad SMARTS) is 1. The van der Waals surface area contributed by atoms with Crippen molar-refractivity contribution < 1.29 is 9.90 Å². The Labute approximate surface area is 155 Å². The lowest BCUT2D eigenvalue weighted by molar-refractivity contribution is -0.137. The van der Waals surface area contributed by atoms with Gasteiger partial charge in [-0.2, -0.15) is 0 Å². The van der Waals surface area contributed by atoms with Gasteiger partial charge >= 0.3 is 5.97 Å². The topological polar surface area (TPSA) is 68.0 Å². The number of hydrogen-bond acceptors (Lipinski definition) is 3. The molecule has 0 saturated heterocycles. The Balaban J connectivity index is 1.99. The van der Waals surface area contributed by atoms with E-state index in [1.807, 2.05) is 66.1 Å². The van der Waals surface area contributed by atoms with Gasteiger partial charge in [-0.1, -0.05) is 48.0 Å². The number of halogens is 1. The normalized spacial score (nSPS) is 15.6. The molecule has 0 fully saturated rings. The Morgan fingerprint density at radius 2 is 1.88 bits per heavy atom. The molecule has 26 heavy (non-hydrogen) atoms. The summed E-state index contributed by atoms with van der Waals surface area (Å²) in [5.74, 6) is 0.113. The van der Waals surface area contributed by atoms with Gasteiger partial charge in [0.05, 0.1) is 12.1 Å². The standard InChI is InChI=1S/C20H16ClN3O2/c1-12-22-23-20-14(11-19(25)26)10-17(13-6-8-15(21)9-7-13)16-4-2-3-5-18(16)24(12)20/h2-10,14H,11H2,1H3,(H,25,26)/t14-/m0/s1. The molecule has 1 atom stereocenters. The van der Waals surface area contributed by atoms with Crippen LogP contribution in [0, 0.1) is 6.92 Å². The summed E-state index contributed by atoms with van der Waals surface area (Å²) in [6, 6.07) is 15.5. The molecular weight excluding hydrogens is 350 g/mol. The molecule has 2 aromatic carbocycles. The number of benzene rings is 2. The monoisotopic (exact) mass is 365 g/mol. The fraction of sp³-hybridized carbons (Fsp3) is 0.150. The maximum absolute atomic E-state index is 11.5. The summed E-state index contributed by atoms with van der Waals surface area (Å²) in [5.41, 5.74) is 3.90. The van der Waals surface area contributed by atoms with Crippen LogP contribution >= 0.6 is 11.6 Å². The third kappa shape index (κ3) is 2.80. The van der Waals surface area contributed by atoms with Crippen LogP contribution in [0.3, 0.4) is 0 Å². The van der Waals surface area contributed by atoms with E-state index < -0.39 is 5.97 Å². The smallest absolute Gasteiger partial charge is 0.304 e. The SMILES string of the molecule is Cc1nnc2n1-c1ccccc1C(c1ccc(Cl)cc1)=C[C@H]2CC(=O)O. The van der Waals surface area contributed by atoms with Crippen LogP contribution in [0.2, 0.25) is 5.02 Å². The maximum Gasteiger partial charge on any atom is 0.304 e. The van der Waals surface area contributed by atoms with Gasteiger partial charge < -0.3 is 5.11 Å². The van der Waals surface area contributed by atoms with Gasteiger partial charge in [0, 0.05) is 16.5 Å². The van der Waals surface area contributed by atoms with Crippen LogP contribution in [-0.4, -0.2) is 25.8 Å². The number of aromatic nitrogens is 3. The number of nitrogens with zero attached hydrogens (tertiary/aromatic N) is 3. The molecule has 1 N–H and O–H groups in total. The van der Waals surface area contributed by atoms with E-state index in [1.165, 1.54) is 0 Å². The molecule has 5 nitrogen and oxygen atoms in total. The number of carboxylic acids is 1. The molecule has 4 rings (SSSR count). The molecule has 0 unspecified atom stereocenters. The minimum absolute atomic E-state index is 0.0524. The molecule has 0 amide bonds. The molecule has 1 aliphatic heterocycles. The minimum Gasteiger partial charge on any atom is -0.481 e. The first-order chi connectivity index (χ1) is 12.5. The lowest BCUT2D eigenvalue weighted by Gasteiger charge is -2.13. The molecule has 0 radical (unpaired) electrons. The number of rotatable bonds is 3. The summed E-state index contributed by atoms with van der Waals surface area (Å²) in [6.07, 6.45) is 1.92. The summed E-state index contributed by atoms with van der Waals surface area (Å²) in [7, 11) is 0. The van der Waals surface area contributed by atoms with Gasteiger partial charge in [0.2, 0.25) is 0 Å². The van der Waals surface area contributed by atoms with Crippen molar-refractivity contribution in [3.8, 4) is 5.69 Å². The van der Waals surface area contributed by atoms with Gasteiger partial charge in [-0.3, -0.25) is 9.36 Å². The summed E-state index contributed by atoms with van der Waals surface area (Å²) < 4.78 is 1.95. The van der Waals surface area contributed by atoms with Crippen molar-refractivity contribution in [2.24, 2.45) is 0 Å². The molecule has 0 bridgehead atoms. The zero-order chi connectivity index (χ0) is 18.3. The Bertz CT molecular complexity index is 1020. The second-order valence-electron chi connectivity index (χ2n) is 6.25. The van der Waals surface area contributed by atoms with E-state index in [4.69, 9.17) is 11.6 Å². The Morgan fingerprint density at radius 3 is 2.62 bits per heavy atom. The number of para-hydroxylation sites is 1. The first-order valence-electron chi connectivity index (χ1n) is 8.26. The highest BCUT2D eigenvalue weighted by atomic mass is 35.5. The second kappa shape index (κ2) is 6.42. The van der Waals surface area contributed by atoms with Gasteiger partial charge in [-0.05, 0) is 36.3 Å². The average molecular weight is 366 g/mol. The van der Waals surface area contributed by atoms with Crippen LogP contribution in [-0.2, 0) is 4.79 Å². The van der Waals surface area contributed by atoms with Gasteiger partial charge in [-0.15, -0.1) is 10.2 Å². The number of aliphatic carboxylic acids is 1. The molecule has 1 aliphatic rings. The van der Waals surface area contributed by atoms with Crippen LogP contribution in [0.5, 0.6) is 0 Å². The third-order valence-corrected chi connectivity index (χ3v) is 4.79. The van der Waals surface area contributed by atoms with Crippen molar-refractivity contribution >= 4 is 23.1 Å². The zero-order valence-corrected chi connectivity index (χ0v) is 14.8. The summed E-state index contributed by atoms with van der Waals surface area (Å²) in [6.45, 7) is 1.87. The van der Waals surface area contributed by atoms with E-state index in [9.17, 15) is 9.90 Å². The van der Waals surface area contributed by atoms with Crippen LogP contribution in [0.25, 0.3) is 11.3 Å². The van der Waals surface area contributed by atoms with Crippen molar-refractivity contribution in [2.45, 2.75) is 19.3 Å². The van der Waals surface area contributed by atoms with Crippen LogP contribution < -0.4 is 0 Å². The fourth-order valence-corrected chi connectivity index (χ4v) is 3.52. The molecule has 0 spiro atoms. The zero-order valence-electron chi connectivity index (χ0n) is 14.1. The van der Waals surface area contributed by atoms with Gasteiger partial charge in [-0.25, -0.2) is 0 Å². The number of hydrogen-bond donors (Lipinski definition) is 1. The predicted octanol–water partition coefficient (Wildman–Crippen LogP) is 4.23. The highest BCUT2D eigenvalue weighted by molar-refractivity contribution is 6.30. The number of allylic oxidation sites excluding steroid dienone is 1. The van der Waals surface area contributed by atoms with Crippen LogP contribution in [0.1, 0.15) is 35.1 Å². The highest BCUT2D eigenvalue weighted by Gasteiger charge is 2.28. The Morgan fingerprint density at radius 1 is 1.15 bits per heavy atom. The van der Waals surface area contributed by atoms with E-state index in [0.29, 0.717) is 10.8 Å². The fourth-order valence-electron chi connectivity index (χ4n) is 3.40. The summed E-state index contributed by atoms with van der Waals surface area (Å²) in [4.78, 5) is 11.5. The van der Waals surface area contributed by atoms with Crippen molar-refractivity contribution in [3.63, 3.8) is 0 Å². The van der Waals surface area contributed by atoms with E-state index in [0.717, 1.165) is 28.2 Å². The lowest BCUT2D eigenvalue weighted by atomic mass is 9.93. The van der Waals surface area contributed by atoms with Gasteiger partial charge in [0.1, 0.15) is 11.6 Å². The average Bonchev–Trinajstić information content (AvgIpc) is 2.94. The largest absolute Gasteiger partial charge is 0.481 e. The van der Waals surface area contributed by atoms with Gasteiger partial charge in [0.15, 0.2) is 0 Å². The second-order valence-corrected chi connectivity index (χ2v) is 6.69. The Kier molecular flexibility index (Phi) is 4.09. The third-order valence-electron chi connectivity index (χ3n) is 4.53. The van der Waals surface area contributed by atoms with Crippen molar-refractivity contribution in [1.29, 1.82) is 0 Å². The number of carbonyl (C=O) groups is 1.